The number of hydrogen-bond acceptors (Lipinski definition) is 5. The summed E-state index contributed by atoms with van der Waals surface area (Å²) in [4.78, 5) is 24.7. The molecule has 0 radical (unpaired) electrons. The third-order valence-corrected chi connectivity index (χ3v) is 19.1. The molecule has 0 aromatic heterocycles. The number of carbonyl (C=O) groups excluding carboxylic acids is 2. The number of unbranched alkanes of at least 4 members (excludes halogenated alkanes) is 62. The minimum Gasteiger partial charge on any atom is -0.466 e. The van der Waals surface area contributed by atoms with E-state index in [1.54, 1.807) is 6.08 Å². The van der Waals surface area contributed by atoms with E-state index in [4.69, 9.17) is 4.74 Å². The Morgan fingerprint density at radius 2 is 0.528 bits per heavy atom. The Bertz CT molecular complexity index is 1440. The van der Waals surface area contributed by atoms with E-state index >= 15 is 0 Å². The van der Waals surface area contributed by atoms with Crippen LogP contribution in [0.25, 0.3) is 0 Å². The van der Waals surface area contributed by atoms with Crippen molar-refractivity contribution in [1.29, 1.82) is 0 Å². The van der Waals surface area contributed by atoms with Crippen LogP contribution in [0.1, 0.15) is 457 Å². The summed E-state index contributed by atoms with van der Waals surface area (Å²) < 4.78 is 5.52. The predicted molar refractivity (Wildman–Crippen MR) is 393 cm³/mol. The Kier molecular flexibility index (Phi) is 76.8. The number of aliphatic hydroxyl groups excluding tert-OH is 2. The van der Waals surface area contributed by atoms with Crippen molar-refractivity contribution in [3.8, 4) is 0 Å². The van der Waals surface area contributed by atoms with Gasteiger partial charge in [0.15, 0.2) is 0 Å². The normalized spacial score (nSPS) is 12.6. The van der Waals surface area contributed by atoms with Crippen molar-refractivity contribution >= 4 is 11.9 Å². The van der Waals surface area contributed by atoms with Crippen molar-refractivity contribution in [3.63, 3.8) is 0 Å². The molecular formula is C83H159NO5. The van der Waals surface area contributed by atoms with Crippen LogP contribution in [0.2, 0.25) is 0 Å². The number of allylic oxidation sites excluding steroid dienone is 5. The van der Waals surface area contributed by atoms with E-state index in [-0.39, 0.29) is 18.5 Å². The molecule has 89 heavy (non-hydrogen) atoms. The van der Waals surface area contributed by atoms with Crippen molar-refractivity contribution in [2.24, 2.45) is 0 Å². The van der Waals surface area contributed by atoms with Crippen LogP contribution in [-0.2, 0) is 14.3 Å². The first-order chi connectivity index (χ1) is 44.0. The van der Waals surface area contributed by atoms with E-state index in [2.05, 4.69) is 43.5 Å². The maximum Gasteiger partial charge on any atom is 0.305 e. The number of esters is 1. The SMILES string of the molecule is CCCCCCCC/C=C\CCCCCCCCCCCC(=O)OCCCCCCCCCCCCCCCC/C=C\CCCCCCCCCCCCCCCCCCCC(=O)NC(CO)C(O)/C=C/CCCCCCCCCCCCCCCCCC. The molecule has 1 amide bonds. The molecule has 0 saturated heterocycles. The second-order valence-electron chi connectivity index (χ2n) is 28.1. The summed E-state index contributed by atoms with van der Waals surface area (Å²) in [6, 6.07) is -0.626. The van der Waals surface area contributed by atoms with Gasteiger partial charge in [-0.05, 0) is 83.5 Å². The van der Waals surface area contributed by atoms with Crippen molar-refractivity contribution in [1.82, 2.24) is 5.32 Å². The van der Waals surface area contributed by atoms with Gasteiger partial charge in [-0.25, -0.2) is 0 Å². The zero-order chi connectivity index (χ0) is 64.2. The Balaban J connectivity index is 3.34. The Labute approximate surface area is 557 Å². The largest absolute Gasteiger partial charge is 0.466 e. The van der Waals surface area contributed by atoms with Gasteiger partial charge in [0, 0.05) is 12.8 Å². The van der Waals surface area contributed by atoms with Gasteiger partial charge < -0.3 is 20.3 Å². The third kappa shape index (κ3) is 75.0. The Morgan fingerprint density at radius 3 is 0.798 bits per heavy atom. The van der Waals surface area contributed by atoms with Crippen LogP contribution < -0.4 is 5.32 Å². The lowest BCUT2D eigenvalue weighted by Crippen LogP contribution is -2.45. The van der Waals surface area contributed by atoms with Crippen LogP contribution in [0.5, 0.6) is 0 Å². The second kappa shape index (κ2) is 78.5. The lowest BCUT2D eigenvalue weighted by molar-refractivity contribution is -0.143. The van der Waals surface area contributed by atoms with Gasteiger partial charge in [0.2, 0.25) is 5.91 Å². The van der Waals surface area contributed by atoms with Gasteiger partial charge in [0.25, 0.3) is 0 Å². The van der Waals surface area contributed by atoms with Gasteiger partial charge >= 0.3 is 5.97 Å². The highest BCUT2D eigenvalue weighted by molar-refractivity contribution is 5.76. The number of hydrogen-bond donors (Lipinski definition) is 3. The zero-order valence-electron chi connectivity index (χ0n) is 60.4. The monoisotopic (exact) mass is 1250 g/mol. The summed E-state index contributed by atoms with van der Waals surface area (Å²) in [7, 11) is 0. The highest BCUT2D eigenvalue weighted by Crippen LogP contribution is 2.20. The number of amides is 1. The molecule has 0 aliphatic rings. The summed E-state index contributed by atoms with van der Waals surface area (Å²) in [6.45, 7) is 4.95. The molecule has 3 N–H and O–H groups in total. The van der Waals surface area contributed by atoms with Crippen molar-refractivity contribution in [3.05, 3.63) is 36.5 Å². The lowest BCUT2D eigenvalue weighted by atomic mass is 10.0. The first-order valence-electron chi connectivity index (χ1n) is 40.8. The van der Waals surface area contributed by atoms with E-state index in [1.165, 1.54) is 392 Å². The summed E-state index contributed by atoms with van der Waals surface area (Å²) in [5.74, 6) is -0.0401. The molecule has 0 saturated carbocycles. The van der Waals surface area contributed by atoms with Gasteiger partial charge in [0.05, 0.1) is 25.4 Å². The molecule has 6 nitrogen and oxygen atoms in total. The molecule has 6 heteroatoms. The van der Waals surface area contributed by atoms with E-state index in [1.807, 2.05) is 6.08 Å². The van der Waals surface area contributed by atoms with Crippen LogP contribution in [0, 0.1) is 0 Å². The summed E-state index contributed by atoms with van der Waals surface area (Å²) in [5.41, 5.74) is 0. The summed E-state index contributed by atoms with van der Waals surface area (Å²) >= 11 is 0. The molecule has 526 valence electrons. The fourth-order valence-corrected chi connectivity index (χ4v) is 12.9. The molecule has 0 heterocycles. The smallest absolute Gasteiger partial charge is 0.305 e. The van der Waals surface area contributed by atoms with E-state index in [0.717, 1.165) is 38.5 Å². The lowest BCUT2D eigenvalue weighted by Gasteiger charge is -2.20. The molecule has 0 aliphatic heterocycles. The first-order valence-corrected chi connectivity index (χ1v) is 40.8. The molecule has 2 unspecified atom stereocenters. The standard InChI is InChI=1S/C83H159NO5/c1-3-5-7-9-11-13-15-17-19-21-40-45-49-53-57-61-65-69-73-77-83(88)89-78-74-70-66-62-58-54-50-46-42-39-37-35-33-31-29-27-25-23-24-26-28-30-32-34-36-38-41-44-48-52-56-60-64-68-72-76-82(87)84-80(79-85)81(86)75-71-67-63-59-55-51-47-43-22-20-18-16-14-12-10-8-6-4-2/h17,19,25,27,71,75,80-81,85-86H,3-16,18,20-24,26,28-70,72-74,76-79H2,1-2H3,(H,84,87)/b19-17-,27-25-,75-71+. The molecular weight excluding hydrogens is 1090 g/mol. The van der Waals surface area contributed by atoms with Crippen LogP contribution in [-0.4, -0.2) is 47.4 Å². The average Bonchev–Trinajstić information content (AvgIpc) is 3.63. The number of carbonyl (C=O) groups is 2. The van der Waals surface area contributed by atoms with Crippen molar-refractivity contribution in [2.45, 2.75) is 469 Å². The summed E-state index contributed by atoms with van der Waals surface area (Å²) in [5, 5.41) is 23.2. The molecule has 0 rings (SSSR count). The number of nitrogens with one attached hydrogen (secondary N) is 1. The zero-order valence-corrected chi connectivity index (χ0v) is 60.4. The maximum atomic E-state index is 12.5. The molecule has 0 aliphatic carbocycles. The fourth-order valence-electron chi connectivity index (χ4n) is 12.9. The highest BCUT2D eigenvalue weighted by atomic mass is 16.5. The average molecular weight is 1250 g/mol. The van der Waals surface area contributed by atoms with Crippen molar-refractivity contribution in [2.75, 3.05) is 13.2 Å². The van der Waals surface area contributed by atoms with Gasteiger partial charge in [-0.1, -0.05) is 397 Å². The molecule has 0 aromatic rings. The van der Waals surface area contributed by atoms with Crippen LogP contribution in [0.4, 0.5) is 0 Å². The minimum absolute atomic E-state index is 0.0204. The molecule has 0 fully saturated rings. The third-order valence-electron chi connectivity index (χ3n) is 19.1. The number of rotatable bonds is 77. The molecule has 0 spiro atoms. The number of aliphatic hydroxyl groups is 2. The molecule has 0 aromatic carbocycles. The summed E-state index contributed by atoms with van der Waals surface area (Å²) in [6.07, 6.45) is 103. The Hall–Kier alpha value is -1.92. The predicted octanol–water partition coefficient (Wildman–Crippen LogP) is 27.0. The first kappa shape index (κ1) is 87.1. The molecule has 2 atom stereocenters. The van der Waals surface area contributed by atoms with Crippen LogP contribution in [0.15, 0.2) is 36.5 Å². The maximum absolute atomic E-state index is 12.5. The van der Waals surface area contributed by atoms with Gasteiger partial charge in [-0.3, -0.25) is 9.59 Å². The van der Waals surface area contributed by atoms with E-state index in [9.17, 15) is 19.8 Å². The van der Waals surface area contributed by atoms with Gasteiger partial charge in [-0.2, -0.15) is 0 Å². The van der Waals surface area contributed by atoms with Crippen LogP contribution in [0.3, 0.4) is 0 Å². The van der Waals surface area contributed by atoms with Gasteiger partial charge in [0.1, 0.15) is 0 Å². The topological polar surface area (TPSA) is 95.9 Å². The second-order valence-corrected chi connectivity index (χ2v) is 28.1. The van der Waals surface area contributed by atoms with Crippen molar-refractivity contribution < 1.29 is 24.5 Å². The fraction of sp³-hybridized carbons (Fsp3) is 0.904. The van der Waals surface area contributed by atoms with E-state index < -0.39 is 12.1 Å². The highest BCUT2D eigenvalue weighted by Gasteiger charge is 2.18. The number of ether oxygens (including phenoxy) is 1. The van der Waals surface area contributed by atoms with Gasteiger partial charge in [-0.15, -0.1) is 0 Å². The van der Waals surface area contributed by atoms with E-state index in [0.29, 0.717) is 19.4 Å². The van der Waals surface area contributed by atoms with Crippen LogP contribution >= 0.6 is 0 Å². The quantitative estimate of drug-likeness (QED) is 0.0320. The molecule has 0 bridgehead atoms. The minimum atomic E-state index is -0.843. The Morgan fingerprint density at radius 1 is 0.303 bits per heavy atom.